The van der Waals surface area contributed by atoms with Crippen LogP contribution in [0.25, 0.3) is 33.7 Å². The van der Waals surface area contributed by atoms with Gasteiger partial charge in [-0.3, -0.25) is 10.1 Å². The van der Waals surface area contributed by atoms with Crippen molar-refractivity contribution in [2.45, 2.75) is 25.5 Å². The Balaban J connectivity index is 1.69. The first-order chi connectivity index (χ1) is 13.7. The number of benzene rings is 2. The molecular formula is C20H17N5O3. The Bertz CT molecular complexity index is 1180. The van der Waals surface area contributed by atoms with Gasteiger partial charge in [0, 0.05) is 24.3 Å². The molecule has 5 rings (SSSR count). The number of nitro groups is 1. The molecule has 1 aliphatic heterocycles. The van der Waals surface area contributed by atoms with Crippen LogP contribution in [0.5, 0.6) is 0 Å². The van der Waals surface area contributed by atoms with Gasteiger partial charge in [-0.2, -0.15) is 0 Å². The van der Waals surface area contributed by atoms with Crippen molar-refractivity contribution < 1.29 is 9.66 Å². The molecule has 8 nitrogen and oxygen atoms in total. The van der Waals surface area contributed by atoms with Gasteiger partial charge in [0.2, 0.25) is 0 Å². The molecule has 1 saturated heterocycles. The largest absolute Gasteiger partial charge is 0.376 e. The van der Waals surface area contributed by atoms with Crippen LogP contribution in [0.1, 0.15) is 12.8 Å². The van der Waals surface area contributed by atoms with Gasteiger partial charge in [0.1, 0.15) is 5.82 Å². The summed E-state index contributed by atoms with van der Waals surface area (Å²) in [6.07, 6.45) is 2.13. The standard InChI is InChI=1S/C20H17N5O3/c26-25(27)14-9-7-13(8-10-14)19-23-18-20(24(19)12-15-4-3-11-28-15)22-17-6-2-1-5-16(17)21-18/h1-2,5-10,15H,3-4,11-12H2/t15-/m0/s1. The molecule has 140 valence electrons. The van der Waals surface area contributed by atoms with Crippen molar-refractivity contribution in [1.82, 2.24) is 19.5 Å². The highest BCUT2D eigenvalue weighted by molar-refractivity contribution is 5.84. The number of fused-ring (bicyclic) bond motifs is 2. The first-order valence-electron chi connectivity index (χ1n) is 9.18. The summed E-state index contributed by atoms with van der Waals surface area (Å²) in [6.45, 7) is 1.38. The summed E-state index contributed by atoms with van der Waals surface area (Å²) in [4.78, 5) is 24.7. The van der Waals surface area contributed by atoms with Crippen molar-refractivity contribution in [2.24, 2.45) is 0 Å². The Morgan fingerprint density at radius 3 is 2.50 bits per heavy atom. The Morgan fingerprint density at radius 1 is 1.07 bits per heavy atom. The van der Waals surface area contributed by atoms with Gasteiger partial charge in [0.25, 0.3) is 5.69 Å². The second-order valence-corrected chi connectivity index (χ2v) is 6.84. The van der Waals surface area contributed by atoms with E-state index in [4.69, 9.17) is 14.7 Å². The summed E-state index contributed by atoms with van der Waals surface area (Å²) in [5.74, 6) is 0.690. The predicted octanol–water partition coefficient (Wildman–Crippen LogP) is 3.73. The highest BCUT2D eigenvalue weighted by atomic mass is 16.6. The number of nitro benzene ring substituents is 1. The number of hydrogen-bond donors (Lipinski definition) is 0. The van der Waals surface area contributed by atoms with E-state index >= 15 is 0 Å². The highest BCUT2D eigenvalue weighted by Crippen LogP contribution is 2.28. The molecular weight excluding hydrogens is 358 g/mol. The molecule has 8 heteroatoms. The fourth-order valence-corrected chi connectivity index (χ4v) is 3.62. The average molecular weight is 375 g/mol. The van der Waals surface area contributed by atoms with E-state index in [1.165, 1.54) is 12.1 Å². The van der Waals surface area contributed by atoms with Crippen LogP contribution in [-0.2, 0) is 11.3 Å². The smallest absolute Gasteiger partial charge is 0.269 e. The topological polar surface area (TPSA) is 96.0 Å². The molecule has 0 radical (unpaired) electrons. The number of non-ortho nitro benzene ring substituents is 1. The molecule has 0 bridgehead atoms. The minimum absolute atomic E-state index is 0.0486. The van der Waals surface area contributed by atoms with Gasteiger partial charge in [-0.1, -0.05) is 12.1 Å². The monoisotopic (exact) mass is 375 g/mol. The lowest BCUT2D eigenvalue weighted by molar-refractivity contribution is -0.384. The summed E-state index contributed by atoms with van der Waals surface area (Å²) in [6, 6.07) is 14.1. The highest BCUT2D eigenvalue weighted by Gasteiger charge is 2.22. The molecule has 1 atom stereocenters. The lowest BCUT2D eigenvalue weighted by Gasteiger charge is -2.13. The zero-order chi connectivity index (χ0) is 19.1. The van der Waals surface area contributed by atoms with E-state index in [2.05, 4.69) is 4.98 Å². The SMILES string of the molecule is O=[N+]([O-])c1ccc(-c2nc3nc4ccccc4nc3n2C[C@@H]2CCCO2)cc1. The maximum absolute atomic E-state index is 11.0. The molecule has 4 aromatic rings. The third-order valence-electron chi connectivity index (χ3n) is 5.00. The minimum atomic E-state index is -0.408. The minimum Gasteiger partial charge on any atom is -0.376 e. The fourth-order valence-electron chi connectivity index (χ4n) is 3.62. The molecule has 0 saturated carbocycles. The van der Waals surface area contributed by atoms with E-state index in [-0.39, 0.29) is 11.8 Å². The Kier molecular flexibility index (Phi) is 3.98. The van der Waals surface area contributed by atoms with Crippen molar-refractivity contribution in [3.63, 3.8) is 0 Å². The fraction of sp³-hybridized carbons (Fsp3) is 0.250. The van der Waals surface area contributed by atoms with Gasteiger partial charge in [-0.25, -0.2) is 15.0 Å². The number of imidazole rings is 1. The number of hydrogen-bond acceptors (Lipinski definition) is 6. The first kappa shape index (κ1) is 16.8. The van der Waals surface area contributed by atoms with Crippen LogP contribution < -0.4 is 0 Å². The lowest BCUT2D eigenvalue weighted by atomic mass is 10.2. The van der Waals surface area contributed by atoms with Crippen molar-refractivity contribution in [3.8, 4) is 11.4 Å². The van der Waals surface area contributed by atoms with Crippen molar-refractivity contribution in [2.75, 3.05) is 6.61 Å². The van der Waals surface area contributed by atoms with E-state index in [9.17, 15) is 10.1 Å². The van der Waals surface area contributed by atoms with Gasteiger partial charge >= 0.3 is 0 Å². The Hall–Kier alpha value is -3.39. The van der Waals surface area contributed by atoms with Gasteiger partial charge < -0.3 is 9.30 Å². The summed E-state index contributed by atoms with van der Waals surface area (Å²) in [7, 11) is 0. The molecule has 1 fully saturated rings. The zero-order valence-electron chi connectivity index (χ0n) is 15.0. The van der Waals surface area contributed by atoms with Crippen LogP contribution >= 0.6 is 0 Å². The van der Waals surface area contributed by atoms with E-state index in [0.717, 1.165) is 36.0 Å². The number of para-hydroxylation sites is 2. The van der Waals surface area contributed by atoms with E-state index < -0.39 is 4.92 Å². The number of nitrogens with zero attached hydrogens (tertiary/aromatic N) is 5. The number of aromatic nitrogens is 4. The molecule has 2 aromatic carbocycles. The maximum atomic E-state index is 11.0. The van der Waals surface area contributed by atoms with E-state index in [1.54, 1.807) is 12.1 Å². The Morgan fingerprint density at radius 2 is 1.82 bits per heavy atom. The second-order valence-electron chi connectivity index (χ2n) is 6.84. The first-order valence-corrected chi connectivity index (χ1v) is 9.18. The molecule has 28 heavy (non-hydrogen) atoms. The van der Waals surface area contributed by atoms with Gasteiger partial charge in [0.15, 0.2) is 11.3 Å². The summed E-state index contributed by atoms with van der Waals surface area (Å²) >= 11 is 0. The summed E-state index contributed by atoms with van der Waals surface area (Å²) in [5, 5.41) is 11.0. The molecule has 1 aliphatic rings. The van der Waals surface area contributed by atoms with Gasteiger partial charge in [0.05, 0.1) is 28.6 Å². The maximum Gasteiger partial charge on any atom is 0.269 e. The van der Waals surface area contributed by atoms with Crippen LogP contribution in [0.4, 0.5) is 5.69 Å². The molecule has 0 aliphatic carbocycles. The number of ether oxygens (including phenoxy) is 1. The van der Waals surface area contributed by atoms with Crippen molar-refractivity contribution >= 4 is 28.0 Å². The molecule has 0 unspecified atom stereocenters. The van der Waals surface area contributed by atoms with Crippen molar-refractivity contribution in [1.29, 1.82) is 0 Å². The van der Waals surface area contributed by atoms with E-state index in [1.807, 2.05) is 28.8 Å². The van der Waals surface area contributed by atoms with Gasteiger partial charge in [-0.05, 0) is 37.1 Å². The molecule has 3 heterocycles. The normalized spacial score (nSPS) is 16.8. The van der Waals surface area contributed by atoms with E-state index in [0.29, 0.717) is 23.7 Å². The van der Waals surface area contributed by atoms with Crippen LogP contribution in [0.2, 0.25) is 0 Å². The predicted molar refractivity (Wildman–Crippen MR) is 104 cm³/mol. The average Bonchev–Trinajstić information content (AvgIpc) is 3.35. The second kappa shape index (κ2) is 6.65. The van der Waals surface area contributed by atoms with Crippen LogP contribution in [-0.4, -0.2) is 37.2 Å². The molecule has 2 aromatic heterocycles. The molecule has 0 amide bonds. The zero-order valence-corrected chi connectivity index (χ0v) is 15.0. The van der Waals surface area contributed by atoms with Crippen molar-refractivity contribution in [3.05, 3.63) is 58.6 Å². The molecule has 0 spiro atoms. The third kappa shape index (κ3) is 2.87. The van der Waals surface area contributed by atoms with Crippen LogP contribution in [0.3, 0.4) is 0 Å². The lowest BCUT2D eigenvalue weighted by Crippen LogP contribution is -2.16. The van der Waals surface area contributed by atoms with Crippen LogP contribution in [0, 0.1) is 10.1 Å². The van der Waals surface area contributed by atoms with Crippen LogP contribution in [0.15, 0.2) is 48.5 Å². The third-order valence-corrected chi connectivity index (χ3v) is 5.00. The quantitative estimate of drug-likeness (QED) is 0.398. The number of rotatable bonds is 4. The Labute approximate surface area is 160 Å². The molecule has 0 N–H and O–H groups in total. The summed E-state index contributed by atoms with van der Waals surface area (Å²) < 4.78 is 7.84. The summed E-state index contributed by atoms with van der Waals surface area (Å²) in [5.41, 5.74) is 3.68. The van der Waals surface area contributed by atoms with Gasteiger partial charge in [-0.15, -0.1) is 0 Å².